The van der Waals surface area contributed by atoms with Gasteiger partial charge >= 0.3 is 5.97 Å². The Morgan fingerprint density at radius 1 is 0.931 bits per heavy atom. The minimum absolute atomic E-state index is 0.00768. The van der Waals surface area contributed by atoms with Gasteiger partial charge in [-0.15, -0.1) is 0 Å². The molecule has 0 radical (unpaired) electrons. The van der Waals surface area contributed by atoms with E-state index >= 15 is 0 Å². The van der Waals surface area contributed by atoms with Crippen molar-refractivity contribution in [3.63, 3.8) is 0 Å². The van der Waals surface area contributed by atoms with E-state index in [9.17, 15) is 14.4 Å². The van der Waals surface area contributed by atoms with Crippen LogP contribution in [-0.4, -0.2) is 40.9 Å². The summed E-state index contributed by atoms with van der Waals surface area (Å²) in [5.41, 5.74) is 2.15. The molecule has 0 aliphatic heterocycles. The van der Waals surface area contributed by atoms with E-state index in [4.69, 9.17) is 5.11 Å². The highest BCUT2D eigenvalue weighted by Crippen LogP contribution is 2.23. The Labute approximate surface area is 170 Å². The number of hydrogen-bond acceptors (Lipinski definition) is 3. The first kappa shape index (κ1) is 20.6. The molecule has 0 spiro atoms. The zero-order chi connectivity index (χ0) is 20.8. The number of carbonyl (C=O) groups is 3. The van der Waals surface area contributed by atoms with Gasteiger partial charge in [0.15, 0.2) is 0 Å². The van der Waals surface area contributed by atoms with E-state index in [0.29, 0.717) is 17.3 Å². The summed E-state index contributed by atoms with van der Waals surface area (Å²) < 4.78 is 0. The van der Waals surface area contributed by atoms with Crippen molar-refractivity contribution in [1.82, 2.24) is 4.90 Å². The molecular formula is C23H26N2O4. The third kappa shape index (κ3) is 5.44. The van der Waals surface area contributed by atoms with Crippen molar-refractivity contribution in [3.8, 4) is 0 Å². The van der Waals surface area contributed by atoms with Crippen LogP contribution in [0.2, 0.25) is 0 Å². The summed E-state index contributed by atoms with van der Waals surface area (Å²) in [7, 11) is 1.86. The molecule has 0 atom stereocenters. The van der Waals surface area contributed by atoms with Crippen LogP contribution in [-0.2, 0) is 11.2 Å². The SMILES string of the molecule is CN(C(=O)c1ccc(NC(=O)Cc2ccc(C(=O)O)cc2)cc1)C1CCCCC1. The smallest absolute Gasteiger partial charge is 0.335 e. The van der Waals surface area contributed by atoms with Gasteiger partial charge in [-0.3, -0.25) is 9.59 Å². The number of nitrogens with one attached hydrogen (secondary N) is 1. The molecule has 0 aromatic heterocycles. The molecule has 152 valence electrons. The molecule has 29 heavy (non-hydrogen) atoms. The number of aromatic carboxylic acids is 1. The van der Waals surface area contributed by atoms with Gasteiger partial charge in [-0.25, -0.2) is 4.79 Å². The fourth-order valence-electron chi connectivity index (χ4n) is 3.69. The van der Waals surface area contributed by atoms with E-state index in [1.54, 1.807) is 36.4 Å². The zero-order valence-electron chi connectivity index (χ0n) is 16.6. The van der Waals surface area contributed by atoms with Crippen LogP contribution in [0.25, 0.3) is 0 Å². The summed E-state index contributed by atoms with van der Waals surface area (Å²) in [4.78, 5) is 37.6. The highest BCUT2D eigenvalue weighted by Gasteiger charge is 2.22. The number of carbonyl (C=O) groups excluding carboxylic acids is 2. The second kappa shape index (κ2) is 9.37. The predicted molar refractivity (Wildman–Crippen MR) is 111 cm³/mol. The molecule has 2 amide bonds. The lowest BCUT2D eigenvalue weighted by Gasteiger charge is -2.31. The van der Waals surface area contributed by atoms with Crippen molar-refractivity contribution in [3.05, 3.63) is 65.2 Å². The average molecular weight is 394 g/mol. The molecule has 2 aromatic carbocycles. The van der Waals surface area contributed by atoms with Crippen LogP contribution in [0.1, 0.15) is 58.4 Å². The highest BCUT2D eigenvalue weighted by atomic mass is 16.4. The standard InChI is InChI=1S/C23H26N2O4/c1-25(20-5-3-2-4-6-20)22(27)17-11-13-19(14-12-17)24-21(26)15-16-7-9-18(10-8-16)23(28)29/h7-14,20H,2-6,15H2,1H3,(H,24,26)(H,28,29). The summed E-state index contributed by atoms with van der Waals surface area (Å²) in [6, 6.07) is 13.5. The van der Waals surface area contributed by atoms with Crippen molar-refractivity contribution < 1.29 is 19.5 Å². The van der Waals surface area contributed by atoms with Crippen molar-refractivity contribution in [2.45, 2.75) is 44.6 Å². The lowest BCUT2D eigenvalue weighted by molar-refractivity contribution is -0.115. The third-order valence-corrected chi connectivity index (χ3v) is 5.42. The fraction of sp³-hybridized carbons (Fsp3) is 0.348. The molecular weight excluding hydrogens is 368 g/mol. The second-order valence-corrected chi connectivity index (χ2v) is 7.51. The predicted octanol–water partition coefficient (Wildman–Crippen LogP) is 3.97. The number of rotatable bonds is 6. The molecule has 1 fully saturated rings. The normalized spacial score (nSPS) is 14.2. The van der Waals surface area contributed by atoms with Gasteiger partial charge in [0.25, 0.3) is 5.91 Å². The first-order valence-corrected chi connectivity index (χ1v) is 9.93. The minimum Gasteiger partial charge on any atom is -0.478 e. The molecule has 0 heterocycles. The topological polar surface area (TPSA) is 86.7 Å². The Morgan fingerprint density at radius 3 is 2.10 bits per heavy atom. The number of carboxylic acids is 1. The number of anilines is 1. The van der Waals surface area contributed by atoms with Crippen molar-refractivity contribution in [2.24, 2.45) is 0 Å². The molecule has 0 saturated heterocycles. The second-order valence-electron chi connectivity index (χ2n) is 7.51. The lowest BCUT2D eigenvalue weighted by atomic mass is 9.94. The van der Waals surface area contributed by atoms with Gasteiger partial charge in [0, 0.05) is 24.3 Å². The maximum atomic E-state index is 12.7. The van der Waals surface area contributed by atoms with Crippen LogP contribution >= 0.6 is 0 Å². The van der Waals surface area contributed by atoms with Gasteiger partial charge in [-0.1, -0.05) is 31.4 Å². The highest BCUT2D eigenvalue weighted by molar-refractivity contribution is 5.96. The summed E-state index contributed by atoms with van der Waals surface area (Å²) in [6.45, 7) is 0. The maximum absolute atomic E-state index is 12.7. The molecule has 3 rings (SSSR count). The summed E-state index contributed by atoms with van der Waals surface area (Å²) in [6.07, 6.45) is 5.86. The van der Waals surface area contributed by atoms with E-state index < -0.39 is 5.97 Å². The monoisotopic (exact) mass is 394 g/mol. The first-order valence-electron chi connectivity index (χ1n) is 9.93. The number of amides is 2. The third-order valence-electron chi connectivity index (χ3n) is 5.42. The van der Waals surface area contributed by atoms with Crippen molar-refractivity contribution in [2.75, 3.05) is 12.4 Å². The molecule has 6 nitrogen and oxygen atoms in total. The van der Waals surface area contributed by atoms with Gasteiger partial charge in [0.1, 0.15) is 0 Å². The summed E-state index contributed by atoms with van der Waals surface area (Å²) >= 11 is 0. The van der Waals surface area contributed by atoms with Gasteiger partial charge in [-0.2, -0.15) is 0 Å². The number of benzene rings is 2. The number of carboxylic acid groups (broad SMARTS) is 1. The van der Waals surface area contributed by atoms with Crippen LogP contribution in [0.5, 0.6) is 0 Å². The average Bonchev–Trinajstić information content (AvgIpc) is 2.74. The Morgan fingerprint density at radius 2 is 1.52 bits per heavy atom. The Kier molecular flexibility index (Phi) is 6.65. The van der Waals surface area contributed by atoms with Crippen molar-refractivity contribution >= 4 is 23.5 Å². The first-order chi connectivity index (χ1) is 13.9. The van der Waals surface area contributed by atoms with Crippen LogP contribution in [0.4, 0.5) is 5.69 Å². The fourth-order valence-corrected chi connectivity index (χ4v) is 3.69. The van der Waals surface area contributed by atoms with Crippen LogP contribution in [0.3, 0.4) is 0 Å². The van der Waals surface area contributed by atoms with Gasteiger partial charge in [0.05, 0.1) is 12.0 Å². The summed E-state index contributed by atoms with van der Waals surface area (Å²) in [5.74, 6) is -1.19. The van der Waals surface area contributed by atoms with E-state index in [2.05, 4.69) is 5.32 Å². The van der Waals surface area contributed by atoms with Gasteiger partial charge in [0.2, 0.25) is 5.91 Å². The molecule has 1 saturated carbocycles. The molecule has 1 aliphatic carbocycles. The number of hydrogen-bond donors (Lipinski definition) is 2. The van der Waals surface area contributed by atoms with E-state index in [-0.39, 0.29) is 23.8 Å². The molecule has 6 heteroatoms. The van der Waals surface area contributed by atoms with Crippen LogP contribution < -0.4 is 5.32 Å². The van der Waals surface area contributed by atoms with Gasteiger partial charge in [-0.05, 0) is 54.8 Å². The molecule has 1 aliphatic rings. The largest absolute Gasteiger partial charge is 0.478 e. The van der Waals surface area contributed by atoms with E-state index in [1.807, 2.05) is 11.9 Å². The quantitative estimate of drug-likeness (QED) is 0.776. The zero-order valence-corrected chi connectivity index (χ0v) is 16.6. The summed E-state index contributed by atoms with van der Waals surface area (Å²) in [5, 5.41) is 11.7. The van der Waals surface area contributed by atoms with Crippen molar-refractivity contribution in [1.29, 1.82) is 0 Å². The number of nitrogens with zero attached hydrogens (tertiary/aromatic N) is 1. The van der Waals surface area contributed by atoms with Crippen LogP contribution in [0, 0.1) is 0 Å². The lowest BCUT2D eigenvalue weighted by Crippen LogP contribution is -2.38. The van der Waals surface area contributed by atoms with Gasteiger partial charge < -0.3 is 15.3 Å². The van der Waals surface area contributed by atoms with E-state index in [1.165, 1.54) is 31.4 Å². The minimum atomic E-state index is -0.996. The van der Waals surface area contributed by atoms with E-state index in [0.717, 1.165) is 18.4 Å². The maximum Gasteiger partial charge on any atom is 0.335 e. The molecule has 2 N–H and O–H groups in total. The van der Waals surface area contributed by atoms with Crippen LogP contribution in [0.15, 0.2) is 48.5 Å². The molecule has 2 aromatic rings. The Bertz CT molecular complexity index is 869. The Hall–Kier alpha value is -3.15. The molecule has 0 unspecified atom stereocenters. The Balaban J connectivity index is 1.56. The molecule has 0 bridgehead atoms.